The van der Waals surface area contributed by atoms with E-state index >= 15 is 0 Å². The Morgan fingerprint density at radius 2 is 1.87 bits per heavy atom. The van der Waals surface area contributed by atoms with Crippen LogP contribution < -0.4 is 11.1 Å². The highest BCUT2D eigenvalue weighted by Crippen LogP contribution is 2.36. The first-order valence-corrected chi connectivity index (χ1v) is 12.3. The third-order valence-electron chi connectivity index (χ3n) is 6.99. The van der Waals surface area contributed by atoms with E-state index in [-0.39, 0.29) is 0 Å². The van der Waals surface area contributed by atoms with Gasteiger partial charge in [0.05, 0.1) is 0 Å². The second-order valence-corrected chi connectivity index (χ2v) is 9.41. The van der Waals surface area contributed by atoms with Crippen LogP contribution in [0.2, 0.25) is 0 Å². The van der Waals surface area contributed by atoms with Crippen LogP contribution in [0.5, 0.6) is 0 Å². The van der Waals surface area contributed by atoms with Gasteiger partial charge in [0.1, 0.15) is 0 Å². The van der Waals surface area contributed by atoms with Crippen molar-refractivity contribution in [2.75, 3.05) is 19.6 Å². The maximum atomic E-state index is 5.67. The molecule has 1 heterocycles. The first kappa shape index (κ1) is 22.1. The molecule has 0 aliphatic heterocycles. The smallest absolute Gasteiger partial charge is 0.0483 e. The molecule has 1 aliphatic rings. The fourth-order valence-corrected chi connectivity index (χ4v) is 5.34. The molecule has 0 amide bonds. The molecule has 3 N–H and O–H groups in total. The second kappa shape index (κ2) is 11.0. The first-order chi connectivity index (χ1) is 15.3. The number of hydrogen-bond donors (Lipinski definition) is 2. The summed E-state index contributed by atoms with van der Waals surface area (Å²) in [6.45, 7) is 6.13. The second-order valence-electron chi connectivity index (χ2n) is 9.41. The molecule has 1 unspecified atom stereocenters. The van der Waals surface area contributed by atoms with Gasteiger partial charge in [0.15, 0.2) is 0 Å². The zero-order valence-corrected chi connectivity index (χ0v) is 19.2. The summed E-state index contributed by atoms with van der Waals surface area (Å²) < 4.78 is 2.56. The number of benzene rings is 2. The Balaban J connectivity index is 1.65. The zero-order valence-electron chi connectivity index (χ0n) is 19.2. The molecule has 1 atom stereocenters. The summed E-state index contributed by atoms with van der Waals surface area (Å²) in [7, 11) is 0. The van der Waals surface area contributed by atoms with Gasteiger partial charge in [-0.25, -0.2) is 0 Å². The molecular weight excluding hydrogens is 378 g/mol. The topological polar surface area (TPSA) is 43.0 Å². The molecule has 1 saturated carbocycles. The summed E-state index contributed by atoms with van der Waals surface area (Å²) in [6, 6.07) is 18.1. The van der Waals surface area contributed by atoms with Crippen molar-refractivity contribution in [2.24, 2.45) is 11.7 Å². The Morgan fingerprint density at radius 3 is 2.68 bits per heavy atom. The van der Waals surface area contributed by atoms with Gasteiger partial charge in [-0.1, -0.05) is 67.3 Å². The Morgan fingerprint density at radius 1 is 1.03 bits per heavy atom. The van der Waals surface area contributed by atoms with Crippen LogP contribution in [0, 0.1) is 12.8 Å². The summed E-state index contributed by atoms with van der Waals surface area (Å²) >= 11 is 0. The molecule has 0 radical (unpaired) electrons. The molecular formula is C28H39N3. The predicted molar refractivity (Wildman–Crippen MR) is 133 cm³/mol. The normalized spacial score (nSPS) is 16.1. The molecule has 4 rings (SSSR count). The Kier molecular flexibility index (Phi) is 7.82. The average Bonchev–Trinajstić information content (AvgIpc) is 3.15. The van der Waals surface area contributed by atoms with Crippen LogP contribution in [-0.4, -0.2) is 24.2 Å². The lowest BCUT2D eigenvalue weighted by atomic mass is 9.87. The summed E-state index contributed by atoms with van der Waals surface area (Å²) in [5.41, 5.74) is 11.3. The van der Waals surface area contributed by atoms with Crippen molar-refractivity contribution >= 4 is 10.9 Å². The van der Waals surface area contributed by atoms with E-state index < -0.39 is 0 Å². The standard InChI is InChI=1S/C28H39N3/c1-22-9-7-12-24(19-22)25(15-18-30-17-8-16-29)27-21-31(20-23-10-3-2-4-11-23)28-14-6-5-13-26(27)28/h5-7,9,12-14,19,21,23,25,30H,2-4,8,10-11,15-18,20,29H2,1H3. The number of nitrogens with two attached hydrogens (primary N) is 1. The van der Waals surface area contributed by atoms with Gasteiger partial charge in [-0.2, -0.15) is 0 Å². The average molecular weight is 418 g/mol. The van der Waals surface area contributed by atoms with Gasteiger partial charge in [0, 0.05) is 29.6 Å². The van der Waals surface area contributed by atoms with Gasteiger partial charge in [-0.05, 0) is 75.4 Å². The van der Waals surface area contributed by atoms with Crippen molar-refractivity contribution < 1.29 is 0 Å². The molecule has 3 heteroatoms. The van der Waals surface area contributed by atoms with E-state index in [0.29, 0.717) is 5.92 Å². The van der Waals surface area contributed by atoms with Crippen LogP contribution in [0.15, 0.2) is 54.7 Å². The number of nitrogens with one attached hydrogen (secondary N) is 1. The minimum absolute atomic E-state index is 0.405. The quantitative estimate of drug-likeness (QED) is 0.398. The van der Waals surface area contributed by atoms with E-state index in [1.54, 1.807) is 0 Å². The van der Waals surface area contributed by atoms with Crippen molar-refractivity contribution in [3.63, 3.8) is 0 Å². The molecule has 0 bridgehead atoms. The number of aryl methyl sites for hydroxylation is 1. The van der Waals surface area contributed by atoms with Crippen LogP contribution in [0.4, 0.5) is 0 Å². The predicted octanol–water partition coefficient (Wildman–Crippen LogP) is 5.99. The molecule has 3 aromatic rings. The number of para-hydroxylation sites is 1. The van der Waals surface area contributed by atoms with Gasteiger partial charge in [-0.15, -0.1) is 0 Å². The highest BCUT2D eigenvalue weighted by molar-refractivity contribution is 5.85. The Bertz CT molecular complexity index is 952. The third-order valence-corrected chi connectivity index (χ3v) is 6.99. The van der Waals surface area contributed by atoms with Gasteiger partial charge in [0.25, 0.3) is 0 Å². The van der Waals surface area contributed by atoms with E-state index in [4.69, 9.17) is 5.73 Å². The fourth-order valence-electron chi connectivity index (χ4n) is 5.34. The highest BCUT2D eigenvalue weighted by atomic mass is 15.0. The van der Waals surface area contributed by atoms with E-state index in [1.165, 1.54) is 59.7 Å². The molecule has 1 aromatic heterocycles. The molecule has 1 fully saturated rings. The van der Waals surface area contributed by atoms with Crippen LogP contribution in [0.3, 0.4) is 0 Å². The molecule has 31 heavy (non-hydrogen) atoms. The number of rotatable bonds is 10. The van der Waals surface area contributed by atoms with Gasteiger partial charge < -0.3 is 15.6 Å². The minimum atomic E-state index is 0.405. The zero-order chi connectivity index (χ0) is 21.5. The SMILES string of the molecule is Cc1cccc(C(CCNCCCN)c2cn(CC3CCCCC3)c3ccccc23)c1. The van der Waals surface area contributed by atoms with E-state index in [9.17, 15) is 0 Å². The monoisotopic (exact) mass is 417 g/mol. The van der Waals surface area contributed by atoms with E-state index in [0.717, 1.165) is 44.9 Å². The molecule has 0 spiro atoms. The lowest BCUT2D eigenvalue weighted by Gasteiger charge is -2.22. The summed E-state index contributed by atoms with van der Waals surface area (Å²) in [4.78, 5) is 0. The molecule has 2 aromatic carbocycles. The maximum absolute atomic E-state index is 5.67. The van der Waals surface area contributed by atoms with E-state index in [1.807, 2.05) is 0 Å². The van der Waals surface area contributed by atoms with Crippen molar-refractivity contribution in [1.82, 2.24) is 9.88 Å². The molecule has 0 saturated heterocycles. The first-order valence-electron chi connectivity index (χ1n) is 12.3. The molecule has 166 valence electrons. The lowest BCUT2D eigenvalue weighted by Crippen LogP contribution is -2.21. The highest BCUT2D eigenvalue weighted by Gasteiger charge is 2.21. The van der Waals surface area contributed by atoms with Crippen LogP contribution in [0.25, 0.3) is 10.9 Å². The van der Waals surface area contributed by atoms with Gasteiger partial charge >= 0.3 is 0 Å². The molecule has 3 nitrogen and oxygen atoms in total. The fraction of sp³-hybridized carbons (Fsp3) is 0.500. The van der Waals surface area contributed by atoms with Crippen molar-refractivity contribution in [2.45, 2.75) is 64.3 Å². The van der Waals surface area contributed by atoms with Crippen molar-refractivity contribution in [3.05, 3.63) is 71.4 Å². The molecule has 1 aliphatic carbocycles. The largest absolute Gasteiger partial charge is 0.347 e. The summed E-state index contributed by atoms with van der Waals surface area (Å²) in [5, 5.41) is 5.03. The van der Waals surface area contributed by atoms with Crippen LogP contribution in [0.1, 0.15) is 67.6 Å². The third kappa shape index (κ3) is 5.58. The van der Waals surface area contributed by atoms with E-state index in [2.05, 4.69) is 71.5 Å². The van der Waals surface area contributed by atoms with Gasteiger partial charge in [-0.3, -0.25) is 0 Å². The Hall–Kier alpha value is -2.10. The number of aromatic nitrogens is 1. The minimum Gasteiger partial charge on any atom is -0.347 e. The summed E-state index contributed by atoms with van der Waals surface area (Å²) in [6.07, 6.45) is 11.6. The lowest BCUT2D eigenvalue weighted by molar-refractivity contribution is 0.322. The summed E-state index contributed by atoms with van der Waals surface area (Å²) in [5.74, 6) is 1.23. The number of hydrogen-bond acceptors (Lipinski definition) is 2. The maximum Gasteiger partial charge on any atom is 0.0483 e. The van der Waals surface area contributed by atoms with Crippen molar-refractivity contribution in [3.8, 4) is 0 Å². The van der Waals surface area contributed by atoms with Crippen LogP contribution in [-0.2, 0) is 6.54 Å². The Labute approximate surface area is 188 Å². The van der Waals surface area contributed by atoms with Gasteiger partial charge in [0.2, 0.25) is 0 Å². The number of nitrogens with zero attached hydrogens (tertiary/aromatic N) is 1. The van der Waals surface area contributed by atoms with Crippen LogP contribution >= 0.6 is 0 Å². The van der Waals surface area contributed by atoms with Crippen molar-refractivity contribution in [1.29, 1.82) is 0 Å². The number of fused-ring (bicyclic) bond motifs is 1.